The van der Waals surface area contributed by atoms with E-state index in [0.717, 1.165) is 0 Å². The molecule has 5 nitrogen and oxygen atoms in total. The SMILES string of the molecule is O=C(O)N(CC(Cl)(Cl)Cl)c1cc(C(F)(F)F)cnc1-c1cccc(CO)c1. The van der Waals surface area contributed by atoms with Gasteiger partial charge < -0.3 is 10.2 Å². The zero-order valence-corrected chi connectivity index (χ0v) is 15.6. The van der Waals surface area contributed by atoms with Crippen molar-refractivity contribution in [3.05, 3.63) is 47.7 Å². The third-order valence-electron chi connectivity index (χ3n) is 3.44. The molecule has 11 heteroatoms. The van der Waals surface area contributed by atoms with Crippen molar-refractivity contribution >= 4 is 46.6 Å². The molecule has 146 valence electrons. The van der Waals surface area contributed by atoms with Crippen LogP contribution in [0.3, 0.4) is 0 Å². The Morgan fingerprint density at radius 2 is 1.85 bits per heavy atom. The van der Waals surface area contributed by atoms with Crippen LogP contribution in [0.4, 0.5) is 23.7 Å². The summed E-state index contributed by atoms with van der Waals surface area (Å²) in [5.41, 5.74) is -0.881. The molecule has 0 aliphatic rings. The van der Waals surface area contributed by atoms with E-state index in [1.165, 1.54) is 12.1 Å². The molecule has 0 saturated heterocycles. The number of anilines is 1. The van der Waals surface area contributed by atoms with Crippen LogP contribution < -0.4 is 4.90 Å². The number of alkyl halides is 6. The molecule has 0 saturated carbocycles. The highest BCUT2D eigenvalue weighted by Crippen LogP contribution is 2.38. The van der Waals surface area contributed by atoms with Crippen molar-refractivity contribution < 1.29 is 28.2 Å². The number of aromatic nitrogens is 1. The van der Waals surface area contributed by atoms with E-state index in [0.29, 0.717) is 28.3 Å². The lowest BCUT2D eigenvalue weighted by atomic mass is 10.0. The lowest BCUT2D eigenvalue weighted by Crippen LogP contribution is -2.37. The molecule has 0 unspecified atom stereocenters. The average Bonchev–Trinajstić information content (AvgIpc) is 2.57. The number of halogens is 6. The summed E-state index contributed by atoms with van der Waals surface area (Å²) in [4.78, 5) is 15.9. The first kappa shape index (κ1) is 21.6. The topological polar surface area (TPSA) is 73.7 Å². The number of aliphatic hydroxyl groups excluding tert-OH is 1. The van der Waals surface area contributed by atoms with Gasteiger partial charge >= 0.3 is 12.3 Å². The quantitative estimate of drug-likeness (QED) is 0.644. The molecule has 2 aromatic rings. The third-order valence-corrected chi connectivity index (χ3v) is 3.80. The van der Waals surface area contributed by atoms with Crippen molar-refractivity contribution in [1.29, 1.82) is 0 Å². The van der Waals surface area contributed by atoms with Crippen molar-refractivity contribution in [3.63, 3.8) is 0 Å². The molecular weight excluding hydrogens is 432 g/mol. The van der Waals surface area contributed by atoms with E-state index in [9.17, 15) is 28.2 Å². The Kier molecular flexibility index (Phi) is 6.47. The molecule has 0 atom stereocenters. The van der Waals surface area contributed by atoms with Gasteiger partial charge in [-0.1, -0.05) is 53.0 Å². The van der Waals surface area contributed by atoms with Crippen LogP contribution in [0, 0.1) is 0 Å². The van der Waals surface area contributed by atoms with Crippen molar-refractivity contribution in [1.82, 2.24) is 4.98 Å². The van der Waals surface area contributed by atoms with Gasteiger partial charge in [0.1, 0.15) is 0 Å². The molecule has 0 aliphatic carbocycles. The van der Waals surface area contributed by atoms with E-state index in [-0.39, 0.29) is 12.3 Å². The predicted molar refractivity (Wildman–Crippen MR) is 96.3 cm³/mol. The number of rotatable bonds is 4. The highest BCUT2D eigenvalue weighted by Gasteiger charge is 2.35. The fourth-order valence-corrected chi connectivity index (χ4v) is 2.65. The minimum atomic E-state index is -4.75. The maximum Gasteiger partial charge on any atom is 0.417 e. The van der Waals surface area contributed by atoms with Gasteiger partial charge in [-0.3, -0.25) is 9.88 Å². The van der Waals surface area contributed by atoms with E-state index >= 15 is 0 Å². The summed E-state index contributed by atoms with van der Waals surface area (Å²) in [7, 11) is 0. The highest BCUT2D eigenvalue weighted by molar-refractivity contribution is 6.68. The predicted octanol–water partition coefficient (Wildman–Crippen LogP) is 5.11. The summed E-state index contributed by atoms with van der Waals surface area (Å²) in [5, 5.41) is 18.7. The van der Waals surface area contributed by atoms with Crippen LogP contribution in [0.1, 0.15) is 11.1 Å². The molecule has 0 fully saturated rings. The number of pyridine rings is 1. The minimum Gasteiger partial charge on any atom is -0.465 e. The van der Waals surface area contributed by atoms with Gasteiger partial charge in [0, 0.05) is 11.8 Å². The maximum absolute atomic E-state index is 13.1. The fourth-order valence-electron chi connectivity index (χ4n) is 2.29. The van der Waals surface area contributed by atoms with Crippen LogP contribution in [0.2, 0.25) is 0 Å². The lowest BCUT2D eigenvalue weighted by Gasteiger charge is -2.26. The first-order valence-corrected chi connectivity index (χ1v) is 8.40. The molecule has 1 heterocycles. The number of hydrogen-bond acceptors (Lipinski definition) is 3. The highest BCUT2D eigenvalue weighted by atomic mass is 35.6. The van der Waals surface area contributed by atoms with E-state index in [1.807, 2.05) is 0 Å². The number of amides is 1. The summed E-state index contributed by atoms with van der Waals surface area (Å²) in [6.45, 7) is -1.04. The number of carbonyl (C=O) groups is 1. The monoisotopic (exact) mass is 442 g/mol. The van der Waals surface area contributed by atoms with Crippen molar-refractivity contribution in [2.45, 2.75) is 16.6 Å². The van der Waals surface area contributed by atoms with Gasteiger partial charge in [0.15, 0.2) is 0 Å². The van der Waals surface area contributed by atoms with Gasteiger partial charge in [-0.2, -0.15) is 13.2 Å². The molecule has 0 spiro atoms. The van der Waals surface area contributed by atoms with Crippen LogP contribution >= 0.6 is 34.8 Å². The molecule has 1 aromatic carbocycles. The second-order valence-corrected chi connectivity index (χ2v) is 7.95. The number of benzene rings is 1. The normalized spacial score (nSPS) is 12.1. The smallest absolute Gasteiger partial charge is 0.417 e. The Bertz CT molecular complexity index is 842. The summed E-state index contributed by atoms with van der Waals surface area (Å²) in [5.74, 6) is 0. The minimum absolute atomic E-state index is 0.0741. The van der Waals surface area contributed by atoms with Crippen molar-refractivity contribution in [2.24, 2.45) is 0 Å². The summed E-state index contributed by atoms with van der Waals surface area (Å²) < 4.78 is 37.2. The largest absolute Gasteiger partial charge is 0.465 e. The van der Waals surface area contributed by atoms with Gasteiger partial charge in [0.25, 0.3) is 0 Å². The van der Waals surface area contributed by atoms with Crippen molar-refractivity contribution in [3.8, 4) is 11.3 Å². The number of hydrogen-bond donors (Lipinski definition) is 2. The molecule has 2 N–H and O–H groups in total. The van der Waals surface area contributed by atoms with Gasteiger partial charge in [0.05, 0.1) is 30.1 Å². The van der Waals surface area contributed by atoms with Gasteiger partial charge in [-0.05, 0) is 17.7 Å². The van der Waals surface area contributed by atoms with Gasteiger partial charge in [0.2, 0.25) is 3.79 Å². The molecule has 0 bridgehead atoms. The average molecular weight is 444 g/mol. The van der Waals surface area contributed by atoms with Crippen LogP contribution in [-0.2, 0) is 12.8 Å². The molecule has 1 aromatic heterocycles. The number of carboxylic acid groups (broad SMARTS) is 1. The first-order chi connectivity index (χ1) is 12.4. The lowest BCUT2D eigenvalue weighted by molar-refractivity contribution is -0.137. The molecule has 1 amide bonds. The second kappa shape index (κ2) is 8.10. The molecule has 27 heavy (non-hydrogen) atoms. The molecule has 2 rings (SSSR count). The zero-order chi connectivity index (χ0) is 20.4. The third kappa shape index (κ3) is 5.62. The number of aliphatic hydroxyl groups is 1. The fraction of sp³-hybridized carbons (Fsp3) is 0.250. The van der Waals surface area contributed by atoms with E-state index in [2.05, 4.69) is 4.98 Å². The maximum atomic E-state index is 13.1. The van der Waals surface area contributed by atoms with Crippen LogP contribution in [-0.4, -0.2) is 31.6 Å². The molecule has 0 radical (unpaired) electrons. The van der Waals surface area contributed by atoms with Crippen LogP contribution in [0.25, 0.3) is 11.3 Å². The van der Waals surface area contributed by atoms with E-state index < -0.39 is 33.9 Å². The Balaban J connectivity index is 2.70. The summed E-state index contributed by atoms with van der Waals surface area (Å²) in [6, 6.07) is 6.73. The Labute approximate surface area is 166 Å². The Hall–Kier alpha value is -1.74. The molecule has 0 aliphatic heterocycles. The summed E-state index contributed by atoms with van der Waals surface area (Å²) in [6.07, 6.45) is -5.79. The standard InChI is InChI=1S/C16H12Cl3F3N2O3/c17-15(18,19)8-24(14(26)27)12-5-11(16(20,21)22)6-23-13(12)10-3-1-2-9(4-10)7-25/h1-6,25H,7-8H2,(H,26,27). The molecular formula is C16H12Cl3F3N2O3. The Morgan fingerprint density at radius 3 is 2.37 bits per heavy atom. The van der Waals surface area contributed by atoms with Crippen LogP contribution in [0.5, 0.6) is 0 Å². The Morgan fingerprint density at radius 1 is 1.19 bits per heavy atom. The van der Waals surface area contributed by atoms with E-state index in [4.69, 9.17) is 34.8 Å². The second-order valence-electron chi connectivity index (χ2n) is 5.43. The van der Waals surface area contributed by atoms with Crippen molar-refractivity contribution in [2.75, 3.05) is 11.4 Å². The first-order valence-electron chi connectivity index (χ1n) is 7.27. The van der Waals surface area contributed by atoms with Gasteiger partial charge in [-0.25, -0.2) is 4.79 Å². The summed E-state index contributed by atoms with van der Waals surface area (Å²) >= 11 is 16.9. The number of nitrogens with zero attached hydrogens (tertiary/aromatic N) is 2. The zero-order valence-electron chi connectivity index (χ0n) is 13.3. The van der Waals surface area contributed by atoms with Gasteiger partial charge in [-0.15, -0.1) is 0 Å². The van der Waals surface area contributed by atoms with E-state index in [1.54, 1.807) is 12.1 Å². The van der Waals surface area contributed by atoms with Crippen LogP contribution in [0.15, 0.2) is 36.5 Å².